The summed E-state index contributed by atoms with van der Waals surface area (Å²) in [5.74, 6) is -1.65. The van der Waals surface area contributed by atoms with Gasteiger partial charge in [0.25, 0.3) is 0 Å². The lowest BCUT2D eigenvalue weighted by Crippen LogP contribution is -2.57. The van der Waals surface area contributed by atoms with Gasteiger partial charge < -0.3 is 19.9 Å². The zero-order valence-corrected chi connectivity index (χ0v) is 21.0. The lowest BCUT2D eigenvalue weighted by Gasteiger charge is -2.49. The minimum absolute atomic E-state index is 0.106. The second kappa shape index (κ2) is 11.1. The third kappa shape index (κ3) is 5.89. The molecule has 2 aliphatic rings. The number of hydrogen-bond donors (Lipinski definition) is 2. The van der Waals surface area contributed by atoms with Crippen LogP contribution in [-0.2, 0) is 32.8 Å². The van der Waals surface area contributed by atoms with E-state index < -0.39 is 23.9 Å². The molecular formula is C29H35NO6. The van der Waals surface area contributed by atoms with Crippen molar-refractivity contribution in [2.75, 3.05) is 0 Å². The van der Waals surface area contributed by atoms with Crippen LogP contribution in [0.3, 0.4) is 0 Å². The van der Waals surface area contributed by atoms with E-state index in [1.54, 1.807) is 13.0 Å². The fraction of sp³-hybridized carbons (Fsp3) is 0.483. The average Bonchev–Trinajstić information content (AvgIpc) is 2.85. The first kappa shape index (κ1) is 25.7. The maximum atomic E-state index is 12.9. The number of fused-ring (bicyclic) bond motifs is 4. The molecule has 0 unspecified atom stereocenters. The largest absolute Gasteiger partial charge is 0.481 e. The molecule has 2 aromatic carbocycles. The Hall–Kier alpha value is -3.35. The molecule has 7 heteroatoms. The van der Waals surface area contributed by atoms with E-state index >= 15 is 0 Å². The standard InChI is InChI=1S/C29H35NO6/c1-19(15-25(31)32)27(33)36-23-13-12-21-16-22-11-7-4-8-14-29(2,24(21)17-23)26(22)30-28(34)35-18-20-9-5-3-6-10-20/h3,5-6,9-10,12-13,17,19,22,26H,4,7-8,11,14-16,18H2,1-2H3,(H,30,34)(H,31,32)/t19-,22-,26-,29+/m0/s1. The van der Waals surface area contributed by atoms with Crippen molar-refractivity contribution in [3.05, 3.63) is 65.2 Å². The van der Waals surface area contributed by atoms with Gasteiger partial charge in [0.15, 0.2) is 0 Å². The van der Waals surface area contributed by atoms with Crippen molar-refractivity contribution in [1.29, 1.82) is 0 Å². The fourth-order valence-corrected chi connectivity index (χ4v) is 5.78. The number of carbonyl (C=O) groups excluding carboxylic acids is 2. The first-order chi connectivity index (χ1) is 17.3. The second-order valence-corrected chi connectivity index (χ2v) is 10.4. The van der Waals surface area contributed by atoms with Gasteiger partial charge in [-0.15, -0.1) is 0 Å². The van der Waals surface area contributed by atoms with Crippen molar-refractivity contribution >= 4 is 18.0 Å². The number of nitrogens with one attached hydrogen (secondary N) is 1. The van der Waals surface area contributed by atoms with Crippen molar-refractivity contribution in [2.45, 2.75) is 76.9 Å². The summed E-state index contributed by atoms with van der Waals surface area (Å²) < 4.78 is 11.1. The van der Waals surface area contributed by atoms with Gasteiger partial charge in [-0.3, -0.25) is 9.59 Å². The van der Waals surface area contributed by atoms with Crippen molar-refractivity contribution in [2.24, 2.45) is 11.8 Å². The summed E-state index contributed by atoms with van der Waals surface area (Å²) in [6, 6.07) is 15.2. The lowest BCUT2D eigenvalue weighted by molar-refractivity contribution is -0.145. The molecule has 7 nitrogen and oxygen atoms in total. The number of esters is 1. The Morgan fingerprint density at radius 1 is 1.11 bits per heavy atom. The molecule has 0 spiro atoms. The molecule has 192 valence electrons. The van der Waals surface area contributed by atoms with Crippen LogP contribution in [0, 0.1) is 11.8 Å². The van der Waals surface area contributed by atoms with Crippen LogP contribution in [0.25, 0.3) is 0 Å². The van der Waals surface area contributed by atoms with Gasteiger partial charge in [-0.05, 0) is 54.0 Å². The number of benzene rings is 2. The van der Waals surface area contributed by atoms with Gasteiger partial charge in [-0.25, -0.2) is 4.79 Å². The molecule has 2 aromatic rings. The molecule has 4 atom stereocenters. The Morgan fingerprint density at radius 3 is 2.64 bits per heavy atom. The lowest BCUT2D eigenvalue weighted by atomic mass is 9.59. The molecule has 0 heterocycles. The summed E-state index contributed by atoms with van der Waals surface area (Å²) in [5.41, 5.74) is 2.87. The van der Waals surface area contributed by atoms with E-state index in [4.69, 9.17) is 14.6 Å². The highest BCUT2D eigenvalue weighted by atomic mass is 16.5. The first-order valence-corrected chi connectivity index (χ1v) is 12.8. The van der Waals surface area contributed by atoms with Gasteiger partial charge >= 0.3 is 18.0 Å². The number of rotatable bonds is 7. The highest BCUT2D eigenvalue weighted by Gasteiger charge is 2.47. The summed E-state index contributed by atoms with van der Waals surface area (Å²) in [6.45, 7) is 3.95. The number of alkyl carbamates (subject to hydrolysis) is 1. The third-order valence-electron chi connectivity index (χ3n) is 7.70. The molecule has 1 fully saturated rings. The summed E-state index contributed by atoms with van der Waals surface area (Å²) in [6.07, 6.45) is 5.38. The van der Waals surface area contributed by atoms with Crippen molar-refractivity contribution in [3.8, 4) is 5.75 Å². The maximum Gasteiger partial charge on any atom is 0.407 e. The summed E-state index contributed by atoms with van der Waals surface area (Å²) >= 11 is 0. The van der Waals surface area contributed by atoms with Gasteiger partial charge in [0.05, 0.1) is 12.3 Å². The van der Waals surface area contributed by atoms with E-state index in [0.29, 0.717) is 5.75 Å². The molecule has 1 amide bonds. The second-order valence-electron chi connectivity index (χ2n) is 10.4. The Labute approximate surface area is 212 Å². The minimum Gasteiger partial charge on any atom is -0.481 e. The Balaban J connectivity index is 1.55. The third-order valence-corrected chi connectivity index (χ3v) is 7.70. The Morgan fingerprint density at radius 2 is 1.89 bits per heavy atom. The summed E-state index contributed by atoms with van der Waals surface area (Å²) in [4.78, 5) is 36.3. The fourth-order valence-electron chi connectivity index (χ4n) is 5.78. The summed E-state index contributed by atoms with van der Waals surface area (Å²) in [7, 11) is 0. The Kier molecular flexibility index (Phi) is 7.97. The van der Waals surface area contributed by atoms with Crippen LogP contribution < -0.4 is 10.1 Å². The predicted molar refractivity (Wildman–Crippen MR) is 135 cm³/mol. The average molecular weight is 494 g/mol. The SMILES string of the molecule is C[C@@H](CC(=O)O)C(=O)Oc1ccc2c(c1)[C@@]1(C)CCCCC[C@@H](C2)[C@@H]1NC(=O)OCc1ccccc1. The Bertz CT molecular complexity index is 1100. The number of carboxylic acid groups (broad SMARTS) is 1. The van der Waals surface area contributed by atoms with Gasteiger partial charge in [0.2, 0.25) is 0 Å². The number of ether oxygens (including phenoxy) is 2. The first-order valence-electron chi connectivity index (χ1n) is 12.8. The quantitative estimate of drug-likeness (QED) is 0.396. The minimum atomic E-state index is -1.04. The number of carbonyl (C=O) groups is 3. The molecule has 36 heavy (non-hydrogen) atoms. The number of amides is 1. The monoisotopic (exact) mass is 493 g/mol. The highest BCUT2D eigenvalue weighted by molar-refractivity contribution is 5.80. The zero-order valence-electron chi connectivity index (χ0n) is 21.0. The predicted octanol–water partition coefficient (Wildman–Crippen LogP) is 5.39. The molecule has 2 N–H and O–H groups in total. The van der Waals surface area contributed by atoms with E-state index in [1.165, 1.54) is 5.56 Å². The van der Waals surface area contributed by atoms with Crippen LogP contribution in [0.15, 0.2) is 48.5 Å². The van der Waals surface area contributed by atoms with Crippen molar-refractivity contribution < 1.29 is 29.0 Å². The zero-order chi connectivity index (χ0) is 25.7. The molecule has 4 rings (SSSR count). The molecular weight excluding hydrogens is 458 g/mol. The van der Waals surface area contributed by atoms with E-state index in [9.17, 15) is 14.4 Å². The molecule has 0 aromatic heterocycles. The number of aliphatic carboxylic acids is 1. The molecule has 2 aliphatic carbocycles. The molecule has 0 radical (unpaired) electrons. The van der Waals surface area contributed by atoms with Crippen LogP contribution >= 0.6 is 0 Å². The highest BCUT2D eigenvalue weighted by Crippen LogP contribution is 2.47. The van der Waals surface area contributed by atoms with Gasteiger partial charge in [-0.2, -0.15) is 0 Å². The van der Waals surface area contributed by atoms with Crippen LogP contribution in [0.1, 0.15) is 69.1 Å². The van der Waals surface area contributed by atoms with Crippen molar-refractivity contribution in [3.63, 3.8) is 0 Å². The topological polar surface area (TPSA) is 102 Å². The van der Waals surface area contributed by atoms with Crippen LogP contribution in [0.5, 0.6) is 5.75 Å². The molecule has 0 aliphatic heterocycles. The summed E-state index contributed by atoms with van der Waals surface area (Å²) in [5, 5.41) is 12.2. The molecule has 1 saturated carbocycles. The van der Waals surface area contributed by atoms with E-state index in [-0.39, 0.29) is 30.4 Å². The van der Waals surface area contributed by atoms with Gasteiger partial charge in [0.1, 0.15) is 12.4 Å². The number of carboxylic acids is 1. The van der Waals surface area contributed by atoms with Gasteiger partial charge in [-0.1, -0.05) is 69.5 Å². The van der Waals surface area contributed by atoms with E-state index in [0.717, 1.165) is 49.7 Å². The van der Waals surface area contributed by atoms with Gasteiger partial charge in [0, 0.05) is 11.5 Å². The smallest absolute Gasteiger partial charge is 0.407 e. The van der Waals surface area contributed by atoms with Crippen molar-refractivity contribution in [1.82, 2.24) is 5.32 Å². The van der Waals surface area contributed by atoms with Crippen LogP contribution in [0.2, 0.25) is 0 Å². The van der Waals surface area contributed by atoms with E-state index in [2.05, 4.69) is 12.2 Å². The molecule has 2 bridgehead atoms. The van der Waals surface area contributed by atoms with Crippen LogP contribution in [0.4, 0.5) is 4.79 Å². The molecule has 0 saturated heterocycles. The van der Waals surface area contributed by atoms with Crippen LogP contribution in [-0.4, -0.2) is 29.2 Å². The van der Waals surface area contributed by atoms with E-state index in [1.807, 2.05) is 42.5 Å². The number of hydrogen-bond acceptors (Lipinski definition) is 5. The normalized spacial score (nSPS) is 23.8. The maximum absolute atomic E-state index is 12.9.